The van der Waals surface area contributed by atoms with E-state index in [0.29, 0.717) is 29.7 Å². The molecule has 2 heterocycles. The van der Waals surface area contributed by atoms with Crippen molar-refractivity contribution in [2.75, 3.05) is 26.2 Å². The highest BCUT2D eigenvalue weighted by atomic mass is 19.1. The third-order valence-corrected chi connectivity index (χ3v) is 5.39. The molecule has 2 fully saturated rings. The normalized spacial score (nSPS) is 21.1. The van der Waals surface area contributed by atoms with Crippen LogP contribution in [0.1, 0.15) is 48.9 Å². The van der Waals surface area contributed by atoms with Gasteiger partial charge in [-0.05, 0) is 44.8 Å². The van der Waals surface area contributed by atoms with E-state index in [-0.39, 0.29) is 11.2 Å². The molecular weight excluding hydrogens is 307 g/mol. The first-order valence-electron chi connectivity index (χ1n) is 8.74. The Labute approximate surface area is 141 Å². The van der Waals surface area contributed by atoms with E-state index in [1.54, 1.807) is 6.07 Å². The summed E-state index contributed by atoms with van der Waals surface area (Å²) >= 11 is 0. The number of piperidine rings is 1. The van der Waals surface area contributed by atoms with E-state index in [9.17, 15) is 4.39 Å². The summed E-state index contributed by atoms with van der Waals surface area (Å²) in [5.74, 6) is 1.47. The average molecular weight is 330 g/mol. The molecule has 0 unspecified atom stereocenters. The number of benzene rings is 1. The molecule has 6 heteroatoms. The molecule has 0 atom stereocenters. The Morgan fingerprint density at radius 3 is 2.67 bits per heavy atom. The van der Waals surface area contributed by atoms with E-state index in [0.717, 1.165) is 45.3 Å². The van der Waals surface area contributed by atoms with Crippen molar-refractivity contribution in [3.05, 3.63) is 47.4 Å². The van der Waals surface area contributed by atoms with Gasteiger partial charge in [0, 0.05) is 24.6 Å². The summed E-state index contributed by atoms with van der Waals surface area (Å²) in [6, 6.07) is 6.92. The first kappa shape index (κ1) is 15.7. The molecule has 128 valence electrons. The lowest BCUT2D eigenvalue weighted by Gasteiger charge is -2.29. The number of aromatic nitrogens is 2. The lowest BCUT2D eigenvalue weighted by atomic mass is 9.94. The Kier molecular flexibility index (Phi) is 4.10. The molecule has 5 nitrogen and oxygen atoms in total. The fourth-order valence-electron chi connectivity index (χ4n) is 3.77. The molecule has 2 aromatic rings. The van der Waals surface area contributed by atoms with Crippen LogP contribution < -0.4 is 5.73 Å². The van der Waals surface area contributed by atoms with Gasteiger partial charge in [0.25, 0.3) is 0 Å². The second kappa shape index (κ2) is 6.26. The van der Waals surface area contributed by atoms with E-state index < -0.39 is 0 Å². The highest BCUT2D eigenvalue weighted by Crippen LogP contribution is 2.53. The van der Waals surface area contributed by atoms with E-state index in [4.69, 9.17) is 10.3 Å². The van der Waals surface area contributed by atoms with Gasteiger partial charge in [-0.3, -0.25) is 0 Å². The summed E-state index contributed by atoms with van der Waals surface area (Å²) in [6.07, 6.45) is 3.77. The van der Waals surface area contributed by atoms with Crippen LogP contribution in [0.4, 0.5) is 4.39 Å². The van der Waals surface area contributed by atoms with Crippen LogP contribution >= 0.6 is 0 Å². The van der Waals surface area contributed by atoms with Crippen LogP contribution in [0.3, 0.4) is 0 Å². The van der Waals surface area contributed by atoms with Gasteiger partial charge in [-0.25, -0.2) is 4.39 Å². The van der Waals surface area contributed by atoms with E-state index in [2.05, 4.69) is 15.0 Å². The second-order valence-electron chi connectivity index (χ2n) is 6.92. The minimum Gasteiger partial charge on any atom is -0.339 e. The first-order chi connectivity index (χ1) is 11.7. The largest absolute Gasteiger partial charge is 0.339 e. The Balaban J connectivity index is 1.51. The van der Waals surface area contributed by atoms with Crippen LogP contribution in [0.15, 0.2) is 28.8 Å². The monoisotopic (exact) mass is 330 g/mol. The molecule has 1 saturated heterocycles. The second-order valence-corrected chi connectivity index (χ2v) is 6.92. The maximum atomic E-state index is 14.2. The zero-order valence-electron chi connectivity index (χ0n) is 13.7. The summed E-state index contributed by atoms with van der Waals surface area (Å²) in [6.45, 7) is 3.66. The van der Waals surface area contributed by atoms with Gasteiger partial charge >= 0.3 is 0 Å². The van der Waals surface area contributed by atoms with Crippen molar-refractivity contribution in [3.63, 3.8) is 0 Å². The molecule has 1 aromatic heterocycles. The Bertz CT molecular complexity index is 705. The topological polar surface area (TPSA) is 68.2 Å². The summed E-state index contributed by atoms with van der Waals surface area (Å²) in [5.41, 5.74) is 5.93. The summed E-state index contributed by atoms with van der Waals surface area (Å²) in [7, 11) is 0. The van der Waals surface area contributed by atoms with Crippen molar-refractivity contribution in [1.29, 1.82) is 0 Å². The van der Waals surface area contributed by atoms with E-state index in [1.165, 1.54) is 6.07 Å². The molecule has 24 heavy (non-hydrogen) atoms. The third kappa shape index (κ3) is 2.74. The molecule has 1 aliphatic heterocycles. The van der Waals surface area contributed by atoms with Gasteiger partial charge in [-0.15, -0.1) is 0 Å². The molecule has 0 bridgehead atoms. The maximum Gasteiger partial charge on any atom is 0.229 e. The van der Waals surface area contributed by atoms with Gasteiger partial charge in [-0.1, -0.05) is 23.4 Å². The number of rotatable bonds is 5. The zero-order chi connectivity index (χ0) is 16.6. The molecule has 1 aromatic carbocycles. The molecule has 4 rings (SSSR count). The standard InChI is InChI=1S/C18H23FN4O/c19-15-4-2-1-3-14(15)18(7-8-18)17-21-16(24-22-17)13-5-10-23(11-6-13)12-9-20/h1-4,13H,5-12,20H2. The number of hydrogen-bond donors (Lipinski definition) is 1. The van der Waals surface area contributed by atoms with E-state index in [1.807, 2.05) is 12.1 Å². The molecule has 0 amide bonds. The Hall–Kier alpha value is -1.79. The average Bonchev–Trinajstić information content (AvgIpc) is 3.25. The molecule has 2 N–H and O–H groups in total. The smallest absolute Gasteiger partial charge is 0.229 e. The van der Waals surface area contributed by atoms with Gasteiger partial charge in [0.2, 0.25) is 5.89 Å². The SMILES string of the molecule is NCCN1CCC(c2nc(C3(c4ccccc4F)CC3)no2)CC1. The van der Waals surface area contributed by atoms with Crippen LogP contribution in [0.2, 0.25) is 0 Å². The van der Waals surface area contributed by atoms with Crippen molar-refractivity contribution < 1.29 is 8.91 Å². The summed E-state index contributed by atoms with van der Waals surface area (Å²) in [5, 5.41) is 4.21. The van der Waals surface area contributed by atoms with Gasteiger partial charge < -0.3 is 15.2 Å². The Morgan fingerprint density at radius 2 is 2.00 bits per heavy atom. The quantitative estimate of drug-likeness (QED) is 0.912. The number of halogens is 1. The van der Waals surface area contributed by atoms with Crippen LogP contribution in [0.25, 0.3) is 0 Å². The van der Waals surface area contributed by atoms with Crippen LogP contribution in [-0.2, 0) is 5.41 Å². The van der Waals surface area contributed by atoms with Crippen molar-refractivity contribution in [2.45, 2.75) is 37.0 Å². The first-order valence-corrected chi connectivity index (χ1v) is 8.74. The van der Waals surface area contributed by atoms with Crippen molar-refractivity contribution in [1.82, 2.24) is 15.0 Å². The summed E-state index contributed by atoms with van der Waals surface area (Å²) in [4.78, 5) is 7.04. The molecular formula is C18H23FN4O. The lowest BCUT2D eigenvalue weighted by molar-refractivity contribution is 0.198. The maximum absolute atomic E-state index is 14.2. The Morgan fingerprint density at radius 1 is 1.25 bits per heavy atom. The minimum absolute atomic E-state index is 0.184. The van der Waals surface area contributed by atoms with Crippen molar-refractivity contribution >= 4 is 0 Å². The zero-order valence-corrected chi connectivity index (χ0v) is 13.7. The molecule has 2 aliphatic rings. The molecule has 0 radical (unpaired) electrons. The number of nitrogens with zero attached hydrogens (tertiary/aromatic N) is 3. The van der Waals surface area contributed by atoms with Crippen molar-refractivity contribution in [2.24, 2.45) is 5.73 Å². The highest BCUT2D eigenvalue weighted by molar-refractivity contribution is 5.39. The van der Waals surface area contributed by atoms with Gasteiger partial charge in [-0.2, -0.15) is 4.98 Å². The van der Waals surface area contributed by atoms with Gasteiger partial charge in [0.15, 0.2) is 5.82 Å². The lowest BCUT2D eigenvalue weighted by Crippen LogP contribution is -2.36. The third-order valence-electron chi connectivity index (χ3n) is 5.39. The molecule has 1 saturated carbocycles. The number of likely N-dealkylation sites (tertiary alicyclic amines) is 1. The van der Waals surface area contributed by atoms with Gasteiger partial charge in [0.1, 0.15) is 5.82 Å². The summed E-state index contributed by atoms with van der Waals surface area (Å²) < 4.78 is 19.7. The molecule has 0 spiro atoms. The van der Waals surface area contributed by atoms with Crippen LogP contribution in [0.5, 0.6) is 0 Å². The molecule has 1 aliphatic carbocycles. The predicted octanol–water partition coefficient (Wildman–Crippen LogP) is 2.43. The number of hydrogen-bond acceptors (Lipinski definition) is 5. The van der Waals surface area contributed by atoms with Crippen LogP contribution in [-0.4, -0.2) is 41.2 Å². The van der Waals surface area contributed by atoms with Crippen LogP contribution in [0, 0.1) is 5.82 Å². The predicted molar refractivity (Wildman–Crippen MR) is 88.2 cm³/mol. The van der Waals surface area contributed by atoms with E-state index >= 15 is 0 Å². The fourth-order valence-corrected chi connectivity index (χ4v) is 3.77. The van der Waals surface area contributed by atoms with Gasteiger partial charge in [0.05, 0.1) is 5.41 Å². The fraction of sp³-hybridized carbons (Fsp3) is 0.556. The number of nitrogens with two attached hydrogens (primary N) is 1. The highest BCUT2D eigenvalue weighted by Gasteiger charge is 2.51. The minimum atomic E-state index is -0.382. The van der Waals surface area contributed by atoms with Crippen molar-refractivity contribution in [3.8, 4) is 0 Å².